The molecular weight excluding hydrogens is 552 g/mol. The zero-order valence-electron chi connectivity index (χ0n) is 25.2. The maximum absolute atomic E-state index is 13.6. The largest absolute Gasteiger partial charge is 0.469 e. The number of H-pyrrole nitrogens is 1. The summed E-state index contributed by atoms with van der Waals surface area (Å²) in [6.07, 6.45) is 4.50. The number of hydrogen-bond acceptors (Lipinski definition) is 10. The molecule has 0 saturated carbocycles. The van der Waals surface area contributed by atoms with Gasteiger partial charge in [0.25, 0.3) is 0 Å². The number of likely N-dealkylation sites (tertiary alicyclic amines) is 1. The Morgan fingerprint density at radius 1 is 1.12 bits per heavy atom. The van der Waals surface area contributed by atoms with E-state index in [1.54, 1.807) is 0 Å². The van der Waals surface area contributed by atoms with Crippen LogP contribution in [0.25, 0.3) is 11.2 Å². The number of carbonyl (C=O) groups excluding carboxylic acids is 2. The Morgan fingerprint density at radius 2 is 1.84 bits per heavy atom. The molecular formula is C30H44N8O5. The number of unbranched alkanes of at least 4 members (excludes halogenated alkanes) is 1. The molecule has 2 aromatic heterocycles. The van der Waals surface area contributed by atoms with E-state index in [0.717, 1.165) is 49.9 Å². The highest BCUT2D eigenvalue weighted by molar-refractivity contribution is 5.82. The van der Waals surface area contributed by atoms with Crippen molar-refractivity contribution >= 4 is 28.9 Å². The Kier molecular flexibility index (Phi) is 11.5. The van der Waals surface area contributed by atoms with Crippen LogP contribution in [0.2, 0.25) is 0 Å². The summed E-state index contributed by atoms with van der Waals surface area (Å²) >= 11 is 0. The fourth-order valence-electron chi connectivity index (χ4n) is 5.22. The average molecular weight is 597 g/mol. The maximum atomic E-state index is 13.6. The number of rotatable bonds is 15. The molecule has 5 N–H and O–H groups in total. The number of ether oxygens (including phenoxy) is 2. The number of aromatic nitrogens is 4. The Hall–Kier alpha value is -3.97. The Balaban J connectivity index is 1.46. The first kappa shape index (κ1) is 32.0. The number of aromatic amines is 1. The molecule has 1 aliphatic rings. The van der Waals surface area contributed by atoms with E-state index in [9.17, 15) is 14.4 Å². The van der Waals surface area contributed by atoms with Gasteiger partial charge in [0, 0.05) is 19.6 Å². The summed E-state index contributed by atoms with van der Waals surface area (Å²) < 4.78 is 11.9. The third kappa shape index (κ3) is 8.77. The number of benzene rings is 1. The van der Waals surface area contributed by atoms with Gasteiger partial charge >= 0.3 is 17.7 Å². The number of anilines is 1. The monoisotopic (exact) mass is 596 g/mol. The molecule has 1 saturated heterocycles. The van der Waals surface area contributed by atoms with Gasteiger partial charge in [-0.3, -0.25) is 19.1 Å². The zero-order chi connectivity index (χ0) is 30.8. The van der Waals surface area contributed by atoms with E-state index in [-0.39, 0.29) is 35.8 Å². The molecule has 0 spiro atoms. The van der Waals surface area contributed by atoms with E-state index in [4.69, 9.17) is 20.9 Å². The molecule has 3 heterocycles. The normalized spacial score (nSPS) is 14.2. The molecule has 1 fully saturated rings. The number of imidazole rings is 1. The van der Waals surface area contributed by atoms with Crippen LogP contribution in [0.1, 0.15) is 50.2 Å². The number of esters is 1. The number of piperidine rings is 1. The Morgan fingerprint density at radius 3 is 2.51 bits per heavy atom. The summed E-state index contributed by atoms with van der Waals surface area (Å²) in [4.78, 5) is 53.4. The van der Waals surface area contributed by atoms with Gasteiger partial charge in [0.05, 0.1) is 26.7 Å². The second kappa shape index (κ2) is 15.5. The molecule has 4 rings (SSSR count). The smallest absolute Gasteiger partial charge is 0.327 e. The lowest BCUT2D eigenvalue weighted by atomic mass is 9.97. The quantitative estimate of drug-likeness (QED) is 0.173. The second-order valence-electron chi connectivity index (χ2n) is 11.1. The van der Waals surface area contributed by atoms with Crippen LogP contribution >= 0.6 is 0 Å². The van der Waals surface area contributed by atoms with E-state index < -0.39 is 0 Å². The van der Waals surface area contributed by atoms with Crippen LogP contribution in [0.5, 0.6) is 6.01 Å². The van der Waals surface area contributed by atoms with Crippen LogP contribution in [-0.4, -0.2) is 87.6 Å². The molecule has 3 aromatic rings. The van der Waals surface area contributed by atoms with Gasteiger partial charge in [-0.25, -0.2) is 4.79 Å². The lowest BCUT2D eigenvalue weighted by molar-refractivity contribution is -0.139. The van der Waals surface area contributed by atoms with Crippen molar-refractivity contribution in [1.82, 2.24) is 29.3 Å². The highest BCUT2D eigenvalue weighted by Gasteiger charge is 2.23. The van der Waals surface area contributed by atoms with Crippen molar-refractivity contribution in [1.29, 1.82) is 0 Å². The highest BCUT2D eigenvalue weighted by atomic mass is 16.5. The fraction of sp³-hybridized carbons (Fsp3) is 0.567. The van der Waals surface area contributed by atoms with Gasteiger partial charge in [0.1, 0.15) is 5.52 Å². The minimum absolute atomic E-state index is 0.0225. The first-order chi connectivity index (χ1) is 20.8. The number of hydrogen-bond donors (Lipinski definition) is 3. The Labute approximate surface area is 251 Å². The standard InChI is InChI=1S/C30H44N8O5/c1-3-4-16-43-29-34-27(32)26-28(35-29)38(30(41)33-26)13-5-12-37(24(39)20-36-14-10-22(18-31)11-15-36)19-23-8-6-21(7-9-23)17-25(40)42-2/h6-9,22H,3-5,10-20,31H2,1-2H3,(H,33,41)(H2,32,34,35). The Bertz CT molecular complexity index is 1410. The minimum Gasteiger partial charge on any atom is -0.469 e. The first-order valence-electron chi connectivity index (χ1n) is 15.0. The van der Waals surface area contributed by atoms with Crippen molar-refractivity contribution in [2.24, 2.45) is 11.7 Å². The van der Waals surface area contributed by atoms with Gasteiger partial charge in [-0.2, -0.15) is 9.97 Å². The molecule has 13 heteroatoms. The van der Waals surface area contributed by atoms with Gasteiger partial charge < -0.3 is 30.8 Å². The molecule has 0 atom stereocenters. The van der Waals surface area contributed by atoms with Crippen LogP contribution < -0.4 is 21.9 Å². The second-order valence-corrected chi connectivity index (χ2v) is 11.1. The van der Waals surface area contributed by atoms with Crippen LogP contribution in [-0.2, 0) is 33.8 Å². The van der Waals surface area contributed by atoms with Crippen LogP contribution in [0.4, 0.5) is 5.82 Å². The molecule has 234 valence electrons. The number of nitrogens with zero attached hydrogens (tertiary/aromatic N) is 5. The summed E-state index contributed by atoms with van der Waals surface area (Å²) in [6, 6.07) is 7.74. The van der Waals surface area contributed by atoms with Gasteiger partial charge in [-0.15, -0.1) is 0 Å². The highest BCUT2D eigenvalue weighted by Crippen LogP contribution is 2.19. The number of methoxy groups -OCH3 is 1. The molecule has 43 heavy (non-hydrogen) atoms. The predicted molar refractivity (Wildman–Crippen MR) is 163 cm³/mol. The zero-order valence-corrected chi connectivity index (χ0v) is 25.2. The van der Waals surface area contributed by atoms with Crippen molar-refractivity contribution in [3.05, 3.63) is 45.9 Å². The van der Waals surface area contributed by atoms with Crippen molar-refractivity contribution in [2.75, 3.05) is 52.2 Å². The predicted octanol–water partition coefficient (Wildman–Crippen LogP) is 1.69. The van der Waals surface area contributed by atoms with E-state index in [1.165, 1.54) is 11.7 Å². The number of carbonyl (C=O) groups is 2. The molecule has 0 aliphatic carbocycles. The molecule has 1 aromatic carbocycles. The van der Waals surface area contributed by atoms with E-state index in [2.05, 4.69) is 26.8 Å². The molecule has 13 nitrogen and oxygen atoms in total. The lowest BCUT2D eigenvalue weighted by Gasteiger charge is -2.33. The van der Waals surface area contributed by atoms with Crippen LogP contribution in [0.3, 0.4) is 0 Å². The number of aryl methyl sites for hydroxylation is 1. The van der Waals surface area contributed by atoms with Crippen molar-refractivity contribution < 1.29 is 19.1 Å². The SMILES string of the molecule is CCCCOc1nc(N)c2[nH]c(=O)n(CCCN(Cc3ccc(CC(=O)OC)cc3)C(=O)CN3CCC(CN)CC3)c2n1. The van der Waals surface area contributed by atoms with Gasteiger partial charge in [-0.1, -0.05) is 37.6 Å². The van der Waals surface area contributed by atoms with Crippen molar-refractivity contribution in [3.63, 3.8) is 0 Å². The fourth-order valence-corrected chi connectivity index (χ4v) is 5.22. The van der Waals surface area contributed by atoms with Gasteiger partial charge in [-0.05, 0) is 62.4 Å². The first-order valence-corrected chi connectivity index (χ1v) is 15.0. The van der Waals surface area contributed by atoms with Gasteiger partial charge in [0.2, 0.25) is 5.91 Å². The summed E-state index contributed by atoms with van der Waals surface area (Å²) in [5.41, 5.74) is 14.1. The summed E-state index contributed by atoms with van der Waals surface area (Å²) in [6.45, 7) is 6.38. The third-order valence-electron chi connectivity index (χ3n) is 7.89. The van der Waals surface area contributed by atoms with Crippen LogP contribution in [0, 0.1) is 5.92 Å². The third-order valence-corrected chi connectivity index (χ3v) is 7.89. The lowest BCUT2D eigenvalue weighted by Crippen LogP contribution is -2.44. The summed E-state index contributed by atoms with van der Waals surface area (Å²) in [7, 11) is 1.37. The molecule has 0 radical (unpaired) electrons. The number of amides is 1. The minimum atomic E-state index is -0.344. The average Bonchev–Trinajstić information content (AvgIpc) is 3.33. The van der Waals surface area contributed by atoms with E-state index >= 15 is 0 Å². The molecule has 1 amide bonds. The maximum Gasteiger partial charge on any atom is 0.327 e. The number of fused-ring (bicyclic) bond motifs is 1. The number of nitrogens with one attached hydrogen (secondary N) is 1. The summed E-state index contributed by atoms with van der Waals surface area (Å²) in [5, 5.41) is 0. The van der Waals surface area contributed by atoms with Gasteiger partial charge in [0.15, 0.2) is 11.5 Å². The number of nitrogen functional groups attached to an aromatic ring is 1. The van der Waals surface area contributed by atoms with E-state index in [0.29, 0.717) is 62.8 Å². The molecule has 1 aliphatic heterocycles. The number of nitrogens with two attached hydrogens (primary N) is 2. The van der Waals surface area contributed by atoms with Crippen molar-refractivity contribution in [3.8, 4) is 6.01 Å². The van der Waals surface area contributed by atoms with Crippen molar-refractivity contribution in [2.45, 2.75) is 58.5 Å². The topological polar surface area (TPSA) is 175 Å². The van der Waals surface area contributed by atoms with E-state index in [1.807, 2.05) is 29.2 Å². The molecule has 0 bridgehead atoms. The molecule has 0 unspecified atom stereocenters. The van der Waals surface area contributed by atoms with Crippen LogP contribution in [0.15, 0.2) is 29.1 Å². The summed E-state index contributed by atoms with van der Waals surface area (Å²) in [5.74, 6) is 0.380.